The lowest BCUT2D eigenvalue weighted by atomic mass is 10.3. The number of hydrogen-bond donors (Lipinski definition) is 1. The Labute approximate surface area is 92.1 Å². The van der Waals surface area contributed by atoms with Crippen molar-refractivity contribution in [3.05, 3.63) is 40.9 Å². The molecule has 0 aliphatic carbocycles. The molecule has 4 nitrogen and oxygen atoms in total. The fourth-order valence-corrected chi connectivity index (χ4v) is 1.48. The van der Waals surface area contributed by atoms with Crippen LogP contribution in [-0.4, -0.2) is 19.9 Å². The van der Waals surface area contributed by atoms with Gasteiger partial charge >= 0.3 is 0 Å². The average molecular weight is 224 g/mol. The summed E-state index contributed by atoms with van der Waals surface area (Å²) < 4.78 is 1.60. The molecule has 0 saturated heterocycles. The first-order valence-corrected chi connectivity index (χ1v) is 4.88. The van der Waals surface area contributed by atoms with Gasteiger partial charge in [-0.05, 0) is 31.2 Å². The van der Waals surface area contributed by atoms with Crippen LogP contribution < -0.4 is 0 Å². The minimum atomic E-state index is -0.135. The second-order valence-electron chi connectivity index (χ2n) is 3.12. The van der Waals surface area contributed by atoms with E-state index in [1.54, 1.807) is 23.7 Å². The van der Waals surface area contributed by atoms with Gasteiger partial charge in [-0.1, -0.05) is 11.6 Å². The molecule has 0 atom stereocenters. The molecule has 0 radical (unpaired) electrons. The summed E-state index contributed by atoms with van der Waals surface area (Å²) in [6.07, 6.45) is 0. The van der Waals surface area contributed by atoms with E-state index < -0.39 is 0 Å². The van der Waals surface area contributed by atoms with E-state index in [2.05, 4.69) is 10.1 Å². The standard InChI is InChI=1S/C10H10ClN3O/c1-7-12-10(6-15)14(13-7)9-4-2-8(11)3-5-9/h2-5,15H,6H2,1H3. The number of aromatic nitrogens is 3. The summed E-state index contributed by atoms with van der Waals surface area (Å²) >= 11 is 5.78. The molecule has 0 saturated carbocycles. The Balaban J connectivity index is 2.48. The van der Waals surface area contributed by atoms with Gasteiger partial charge in [0.15, 0.2) is 5.82 Å². The van der Waals surface area contributed by atoms with Gasteiger partial charge in [-0.25, -0.2) is 9.67 Å². The lowest BCUT2D eigenvalue weighted by Gasteiger charge is -2.03. The van der Waals surface area contributed by atoms with Crippen LogP contribution in [0.15, 0.2) is 24.3 Å². The maximum absolute atomic E-state index is 9.10. The summed E-state index contributed by atoms with van der Waals surface area (Å²) in [6.45, 7) is 1.65. The largest absolute Gasteiger partial charge is 0.388 e. The number of rotatable bonds is 2. The van der Waals surface area contributed by atoms with E-state index in [-0.39, 0.29) is 6.61 Å². The SMILES string of the molecule is Cc1nc(CO)n(-c2ccc(Cl)cc2)n1. The zero-order chi connectivity index (χ0) is 10.8. The minimum Gasteiger partial charge on any atom is -0.388 e. The van der Waals surface area contributed by atoms with Gasteiger partial charge in [-0.2, -0.15) is 5.10 Å². The number of aliphatic hydroxyl groups is 1. The molecule has 0 bridgehead atoms. The van der Waals surface area contributed by atoms with Gasteiger partial charge in [0.1, 0.15) is 12.4 Å². The Morgan fingerprint density at radius 2 is 2.00 bits per heavy atom. The summed E-state index contributed by atoms with van der Waals surface area (Å²) in [6, 6.07) is 7.20. The van der Waals surface area contributed by atoms with E-state index in [1.807, 2.05) is 12.1 Å². The molecule has 0 aliphatic heterocycles. The molecular formula is C10H10ClN3O. The molecule has 1 heterocycles. The van der Waals surface area contributed by atoms with E-state index in [4.69, 9.17) is 16.7 Å². The van der Waals surface area contributed by atoms with Crippen molar-refractivity contribution in [3.8, 4) is 5.69 Å². The van der Waals surface area contributed by atoms with Crippen molar-refractivity contribution in [2.24, 2.45) is 0 Å². The van der Waals surface area contributed by atoms with Crippen molar-refractivity contribution in [3.63, 3.8) is 0 Å². The molecule has 2 aromatic rings. The van der Waals surface area contributed by atoms with Gasteiger partial charge in [-0.3, -0.25) is 0 Å². The molecule has 2 rings (SSSR count). The number of benzene rings is 1. The molecule has 78 valence electrons. The van der Waals surface area contributed by atoms with Crippen molar-refractivity contribution in [1.82, 2.24) is 14.8 Å². The maximum Gasteiger partial charge on any atom is 0.158 e. The molecule has 0 fully saturated rings. The molecule has 15 heavy (non-hydrogen) atoms. The van der Waals surface area contributed by atoms with Gasteiger partial charge in [0.2, 0.25) is 0 Å². The van der Waals surface area contributed by atoms with E-state index in [0.29, 0.717) is 16.7 Å². The van der Waals surface area contributed by atoms with Crippen LogP contribution in [0, 0.1) is 6.92 Å². The molecule has 1 aromatic heterocycles. The first-order valence-electron chi connectivity index (χ1n) is 4.50. The summed E-state index contributed by atoms with van der Waals surface area (Å²) in [7, 11) is 0. The van der Waals surface area contributed by atoms with E-state index in [0.717, 1.165) is 5.69 Å². The fourth-order valence-electron chi connectivity index (χ4n) is 1.35. The summed E-state index contributed by atoms with van der Waals surface area (Å²) in [5.41, 5.74) is 0.837. The molecule has 0 aliphatic rings. The predicted molar refractivity (Wildman–Crippen MR) is 57.0 cm³/mol. The van der Waals surface area contributed by atoms with Crippen LogP contribution in [0.2, 0.25) is 5.02 Å². The summed E-state index contributed by atoms with van der Waals surface area (Å²) in [4.78, 5) is 4.10. The van der Waals surface area contributed by atoms with Crippen LogP contribution >= 0.6 is 11.6 Å². The third kappa shape index (κ3) is 2.00. The predicted octanol–water partition coefficient (Wildman–Crippen LogP) is 1.72. The Bertz CT molecular complexity index is 464. The Kier molecular flexibility index (Phi) is 2.70. The zero-order valence-electron chi connectivity index (χ0n) is 8.18. The van der Waals surface area contributed by atoms with Gasteiger partial charge in [0.25, 0.3) is 0 Å². The highest BCUT2D eigenvalue weighted by atomic mass is 35.5. The highest BCUT2D eigenvalue weighted by molar-refractivity contribution is 6.30. The molecule has 5 heteroatoms. The van der Waals surface area contributed by atoms with Gasteiger partial charge < -0.3 is 5.11 Å². The monoisotopic (exact) mass is 223 g/mol. The summed E-state index contributed by atoms with van der Waals surface area (Å²) in [5.74, 6) is 1.16. The van der Waals surface area contributed by atoms with Crippen molar-refractivity contribution < 1.29 is 5.11 Å². The average Bonchev–Trinajstić information content (AvgIpc) is 2.61. The smallest absolute Gasteiger partial charge is 0.158 e. The Hall–Kier alpha value is -1.39. The second kappa shape index (κ2) is 4.00. The fraction of sp³-hybridized carbons (Fsp3) is 0.200. The van der Waals surface area contributed by atoms with Crippen LogP contribution in [0.25, 0.3) is 5.69 Å². The van der Waals surface area contributed by atoms with Crippen LogP contribution in [0.5, 0.6) is 0 Å². The van der Waals surface area contributed by atoms with Crippen LogP contribution in [-0.2, 0) is 6.61 Å². The molecule has 0 unspecified atom stereocenters. The van der Waals surface area contributed by atoms with Crippen molar-refractivity contribution in [2.75, 3.05) is 0 Å². The Morgan fingerprint density at radius 3 is 2.60 bits per heavy atom. The highest BCUT2D eigenvalue weighted by Crippen LogP contribution is 2.14. The van der Waals surface area contributed by atoms with E-state index in [9.17, 15) is 0 Å². The first kappa shape index (κ1) is 10.1. The topological polar surface area (TPSA) is 50.9 Å². The zero-order valence-corrected chi connectivity index (χ0v) is 8.94. The van der Waals surface area contributed by atoms with Gasteiger partial charge in [0.05, 0.1) is 5.69 Å². The number of nitrogens with zero attached hydrogens (tertiary/aromatic N) is 3. The normalized spacial score (nSPS) is 10.6. The van der Waals surface area contributed by atoms with Crippen LogP contribution in [0.3, 0.4) is 0 Å². The molecule has 1 aromatic carbocycles. The van der Waals surface area contributed by atoms with Gasteiger partial charge in [-0.15, -0.1) is 0 Å². The minimum absolute atomic E-state index is 0.135. The quantitative estimate of drug-likeness (QED) is 0.844. The number of aliphatic hydroxyl groups excluding tert-OH is 1. The first-order chi connectivity index (χ1) is 7.20. The van der Waals surface area contributed by atoms with Gasteiger partial charge in [0, 0.05) is 5.02 Å². The molecular weight excluding hydrogens is 214 g/mol. The van der Waals surface area contributed by atoms with Crippen molar-refractivity contribution in [2.45, 2.75) is 13.5 Å². The molecule has 1 N–H and O–H groups in total. The number of hydrogen-bond acceptors (Lipinski definition) is 3. The molecule has 0 amide bonds. The number of aryl methyl sites for hydroxylation is 1. The second-order valence-corrected chi connectivity index (χ2v) is 3.56. The van der Waals surface area contributed by atoms with Crippen molar-refractivity contribution in [1.29, 1.82) is 0 Å². The van der Waals surface area contributed by atoms with Crippen molar-refractivity contribution >= 4 is 11.6 Å². The van der Waals surface area contributed by atoms with Crippen LogP contribution in [0.1, 0.15) is 11.6 Å². The lowest BCUT2D eigenvalue weighted by Crippen LogP contribution is -2.02. The highest BCUT2D eigenvalue weighted by Gasteiger charge is 2.07. The molecule has 0 spiro atoms. The number of halogens is 1. The third-order valence-electron chi connectivity index (χ3n) is 1.99. The Morgan fingerprint density at radius 1 is 1.33 bits per heavy atom. The van der Waals surface area contributed by atoms with Crippen LogP contribution in [0.4, 0.5) is 0 Å². The van der Waals surface area contributed by atoms with E-state index >= 15 is 0 Å². The third-order valence-corrected chi connectivity index (χ3v) is 2.24. The lowest BCUT2D eigenvalue weighted by molar-refractivity contribution is 0.268. The van der Waals surface area contributed by atoms with E-state index in [1.165, 1.54) is 0 Å². The maximum atomic E-state index is 9.10. The summed E-state index contributed by atoms with van der Waals surface area (Å²) in [5, 5.41) is 13.9.